The SMILES string of the molecule is OC(CCCC1CO1)C(O)C(O)C(O)COCC1CO1. The quantitative estimate of drug-likeness (QED) is 0.339. The van der Waals surface area contributed by atoms with Crippen molar-refractivity contribution in [2.45, 2.75) is 55.9 Å². The predicted octanol–water partition coefficient (Wildman–Crippen LogP) is -1.59. The summed E-state index contributed by atoms with van der Waals surface area (Å²) in [5, 5.41) is 39.0. The summed E-state index contributed by atoms with van der Waals surface area (Å²) in [7, 11) is 0. The summed E-state index contributed by atoms with van der Waals surface area (Å²) in [6.07, 6.45) is -2.83. The average molecular weight is 292 g/mol. The zero-order valence-electron chi connectivity index (χ0n) is 11.4. The first kappa shape index (κ1) is 16.1. The minimum atomic E-state index is -1.43. The highest BCUT2D eigenvalue weighted by Crippen LogP contribution is 2.19. The first-order chi connectivity index (χ1) is 9.58. The summed E-state index contributed by atoms with van der Waals surface area (Å²) < 4.78 is 15.1. The molecule has 20 heavy (non-hydrogen) atoms. The number of hydrogen-bond acceptors (Lipinski definition) is 7. The van der Waals surface area contributed by atoms with Crippen molar-refractivity contribution in [1.82, 2.24) is 0 Å². The van der Waals surface area contributed by atoms with Crippen molar-refractivity contribution in [2.24, 2.45) is 0 Å². The second-order valence-corrected chi connectivity index (χ2v) is 5.49. The van der Waals surface area contributed by atoms with E-state index in [2.05, 4.69) is 0 Å². The Balaban J connectivity index is 1.58. The van der Waals surface area contributed by atoms with E-state index in [1.165, 1.54) is 0 Å². The van der Waals surface area contributed by atoms with Crippen LogP contribution in [-0.2, 0) is 14.2 Å². The number of hydrogen-bond donors (Lipinski definition) is 4. The van der Waals surface area contributed by atoms with Gasteiger partial charge in [-0.25, -0.2) is 0 Å². The van der Waals surface area contributed by atoms with E-state index in [1.807, 2.05) is 0 Å². The Kier molecular flexibility index (Phi) is 6.16. The van der Waals surface area contributed by atoms with Gasteiger partial charge in [-0.3, -0.25) is 0 Å². The van der Waals surface area contributed by atoms with Crippen molar-refractivity contribution in [3.63, 3.8) is 0 Å². The van der Waals surface area contributed by atoms with Crippen molar-refractivity contribution in [2.75, 3.05) is 26.4 Å². The van der Waals surface area contributed by atoms with Crippen molar-refractivity contribution < 1.29 is 34.6 Å². The van der Waals surface area contributed by atoms with Crippen molar-refractivity contribution >= 4 is 0 Å². The van der Waals surface area contributed by atoms with Gasteiger partial charge < -0.3 is 34.6 Å². The molecule has 0 radical (unpaired) electrons. The molecule has 2 saturated heterocycles. The van der Waals surface area contributed by atoms with E-state index in [0.29, 0.717) is 26.1 Å². The van der Waals surface area contributed by atoms with E-state index in [9.17, 15) is 20.4 Å². The minimum absolute atomic E-state index is 0.0829. The third kappa shape index (κ3) is 5.61. The lowest BCUT2D eigenvalue weighted by molar-refractivity contribution is -0.123. The Morgan fingerprint density at radius 3 is 2.15 bits per heavy atom. The molecule has 118 valence electrons. The number of ether oxygens (including phenoxy) is 3. The molecule has 2 fully saturated rings. The third-order valence-electron chi connectivity index (χ3n) is 3.56. The highest BCUT2D eigenvalue weighted by atomic mass is 16.6. The van der Waals surface area contributed by atoms with Gasteiger partial charge in [0.1, 0.15) is 24.4 Å². The molecule has 6 unspecified atom stereocenters. The maximum atomic E-state index is 9.79. The van der Waals surface area contributed by atoms with E-state index >= 15 is 0 Å². The Morgan fingerprint density at radius 2 is 1.55 bits per heavy atom. The number of aliphatic hydroxyl groups is 4. The smallest absolute Gasteiger partial charge is 0.110 e. The van der Waals surface area contributed by atoms with E-state index in [4.69, 9.17) is 14.2 Å². The summed E-state index contributed by atoms with van der Waals surface area (Å²) >= 11 is 0. The maximum absolute atomic E-state index is 9.79. The van der Waals surface area contributed by atoms with Crippen LogP contribution in [0.15, 0.2) is 0 Å². The van der Waals surface area contributed by atoms with Crippen LogP contribution in [0, 0.1) is 0 Å². The van der Waals surface area contributed by atoms with Gasteiger partial charge in [0, 0.05) is 0 Å². The maximum Gasteiger partial charge on any atom is 0.110 e. The van der Waals surface area contributed by atoms with Crippen LogP contribution >= 0.6 is 0 Å². The molecule has 2 rings (SSSR count). The molecule has 0 bridgehead atoms. The van der Waals surface area contributed by atoms with Gasteiger partial charge in [-0.15, -0.1) is 0 Å². The molecular weight excluding hydrogens is 268 g/mol. The second kappa shape index (κ2) is 7.65. The zero-order chi connectivity index (χ0) is 14.5. The summed E-state index contributed by atoms with van der Waals surface area (Å²) in [6, 6.07) is 0. The molecule has 0 amide bonds. The van der Waals surface area contributed by atoms with E-state index in [1.54, 1.807) is 0 Å². The lowest BCUT2D eigenvalue weighted by Gasteiger charge is -2.26. The summed E-state index contributed by atoms with van der Waals surface area (Å²) in [5.41, 5.74) is 0. The zero-order valence-corrected chi connectivity index (χ0v) is 11.4. The number of rotatable bonds is 11. The normalized spacial score (nSPS) is 30.6. The van der Waals surface area contributed by atoms with Crippen LogP contribution in [-0.4, -0.2) is 83.5 Å². The fourth-order valence-electron chi connectivity index (χ4n) is 2.00. The van der Waals surface area contributed by atoms with E-state index < -0.39 is 24.4 Å². The number of epoxide rings is 2. The average Bonchev–Trinajstić information content (AvgIpc) is 3.30. The molecule has 0 aliphatic carbocycles. The number of aliphatic hydroxyl groups excluding tert-OH is 4. The minimum Gasteiger partial charge on any atom is -0.390 e. The molecule has 6 atom stereocenters. The van der Waals surface area contributed by atoms with Crippen molar-refractivity contribution in [1.29, 1.82) is 0 Å². The van der Waals surface area contributed by atoms with Crippen LogP contribution in [0.25, 0.3) is 0 Å². The molecule has 2 aliphatic heterocycles. The van der Waals surface area contributed by atoms with E-state index in [-0.39, 0.29) is 18.8 Å². The molecule has 0 aromatic rings. The standard InChI is InChI=1S/C13H24O7/c14-10(3-1-2-8-5-19-8)12(16)13(17)11(15)7-18-4-9-6-20-9/h8-17H,1-7H2. The van der Waals surface area contributed by atoms with Gasteiger partial charge in [0.15, 0.2) is 0 Å². The highest BCUT2D eigenvalue weighted by molar-refractivity contribution is 4.82. The van der Waals surface area contributed by atoms with Crippen LogP contribution in [0.5, 0.6) is 0 Å². The molecule has 2 aliphatic rings. The van der Waals surface area contributed by atoms with Crippen molar-refractivity contribution in [3.8, 4) is 0 Å². The molecule has 0 aromatic carbocycles. The summed E-state index contributed by atoms with van der Waals surface area (Å²) in [5.74, 6) is 0. The Morgan fingerprint density at radius 1 is 0.950 bits per heavy atom. The van der Waals surface area contributed by atoms with E-state index in [0.717, 1.165) is 13.0 Å². The van der Waals surface area contributed by atoms with Crippen LogP contribution < -0.4 is 0 Å². The molecule has 2 heterocycles. The molecule has 0 spiro atoms. The molecule has 7 heteroatoms. The molecule has 0 saturated carbocycles. The summed E-state index contributed by atoms with van der Waals surface area (Å²) in [4.78, 5) is 0. The fourth-order valence-corrected chi connectivity index (χ4v) is 2.00. The predicted molar refractivity (Wildman–Crippen MR) is 68.2 cm³/mol. The van der Waals surface area contributed by atoms with Gasteiger partial charge >= 0.3 is 0 Å². The van der Waals surface area contributed by atoms with Crippen LogP contribution in [0.3, 0.4) is 0 Å². The fraction of sp³-hybridized carbons (Fsp3) is 1.00. The van der Waals surface area contributed by atoms with Crippen molar-refractivity contribution in [3.05, 3.63) is 0 Å². The van der Waals surface area contributed by atoms with Gasteiger partial charge in [-0.2, -0.15) is 0 Å². The lowest BCUT2D eigenvalue weighted by Crippen LogP contribution is -2.46. The van der Waals surface area contributed by atoms with Crippen LogP contribution in [0.2, 0.25) is 0 Å². The van der Waals surface area contributed by atoms with Gasteiger partial charge in [-0.1, -0.05) is 0 Å². The third-order valence-corrected chi connectivity index (χ3v) is 3.56. The van der Waals surface area contributed by atoms with Crippen LogP contribution in [0.1, 0.15) is 19.3 Å². The van der Waals surface area contributed by atoms with Crippen LogP contribution in [0.4, 0.5) is 0 Å². The molecule has 7 nitrogen and oxygen atoms in total. The van der Waals surface area contributed by atoms with Gasteiger partial charge in [-0.05, 0) is 19.3 Å². The first-order valence-electron chi connectivity index (χ1n) is 7.11. The first-order valence-corrected chi connectivity index (χ1v) is 7.11. The van der Waals surface area contributed by atoms with Gasteiger partial charge in [0.2, 0.25) is 0 Å². The van der Waals surface area contributed by atoms with Gasteiger partial charge in [0.05, 0.1) is 38.6 Å². The Hall–Kier alpha value is -0.280. The second-order valence-electron chi connectivity index (χ2n) is 5.49. The monoisotopic (exact) mass is 292 g/mol. The Labute approximate surface area is 118 Å². The molecular formula is C13H24O7. The summed E-state index contributed by atoms with van der Waals surface area (Å²) in [6.45, 7) is 1.69. The topological polar surface area (TPSA) is 115 Å². The molecule has 4 N–H and O–H groups in total. The highest BCUT2D eigenvalue weighted by Gasteiger charge is 2.31. The Bertz CT molecular complexity index is 252. The molecule has 0 aromatic heterocycles. The van der Waals surface area contributed by atoms with Gasteiger partial charge in [0.25, 0.3) is 0 Å². The largest absolute Gasteiger partial charge is 0.390 e. The lowest BCUT2D eigenvalue weighted by atomic mass is 9.99.